The Hall–Kier alpha value is -0.000000000000000111. The molecule has 2 aliphatic rings. The lowest BCUT2D eigenvalue weighted by molar-refractivity contribution is -0.132. The van der Waals surface area contributed by atoms with Gasteiger partial charge >= 0.3 is 0 Å². The largest absolute Gasteiger partial charge is 0.340 e. The number of halogens is 2. The first-order valence-electron chi connectivity index (χ1n) is 5.01. The van der Waals surface area contributed by atoms with Crippen LogP contribution in [0.2, 0.25) is 0 Å². The van der Waals surface area contributed by atoms with Crippen LogP contribution in [-0.4, -0.2) is 54.2 Å². The van der Waals surface area contributed by atoms with Gasteiger partial charge in [-0.15, -0.1) is 12.4 Å². The molecule has 6 heteroatoms. The molecular formula is C9H16ClFN2OS. The Morgan fingerprint density at radius 1 is 1.40 bits per heavy atom. The van der Waals surface area contributed by atoms with Crippen LogP contribution < -0.4 is 5.32 Å². The van der Waals surface area contributed by atoms with Crippen LogP contribution in [0.5, 0.6) is 0 Å². The zero-order valence-electron chi connectivity index (χ0n) is 8.45. The van der Waals surface area contributed by atoms with Gasteiger partial charge in [0.15, 0.2) is 0 Å². The molecule has 15 heavy (non-hydrogen) atoms. The lowest BCUT2D eigenvalue weighted by Crippen LogP contribution is -2.46. The molecule has 0 spiro atoms. The highest BCUT2D eigenvalue weighted by atomic mass is 35.5. The third-order valence-corrected chi connectivity index (χ3v) is 3.64. The fraction of sp³-hybridized carbons (Fsp3) is 0.889. The molecule has 0 aromatic carbocycles. The molecule has 0 radical (unpaired) electrons. The van der Waals surface area contributed by atoms with E-state index in [1.165, 1.54) is 0 Å². The third-order valence-electron chi connectivity index (χ3n) is 2.70. The second-order valence-electron chi connectivity index (χ2n) is 3.73. The lowest BCUT2D eigenvalue weighted by Gasteiger charge is -2.28. The Kier molecular flexibility index (Phi) is 5.15. The van der Waals surface area contributed by atoms with E-state index in [0.717, 1.165) is 24.6 Å². The minimum absolute atomic E-state index is 0. The van der Waals surface area contributed by atoms with Crippen LogP contribution in [0.4, 0.5) is 4.39 Å². The van der Waals surface area contributed by atoms with Gasteiger partial charge in [0.05, 0.1) is 6.04 Å². The van der Waals surface area contributed by atoms with E-state index in [1.807, 2.05) is 16.7 Å². The number of nitrogens with zero attached hydrogens (tertiary/aromatic N) is 1. The quantitative estimate of drug-likeness (QED) is 0.747. The third kappa shape index (κ3) is 3.23. The van der Waals surface area contributed by atoms with Crippen molar-refractivity contribution >= 4 is 30.1 Å². The summed E-state index contributed by atoms with van der Waals surface area (Å²) in [6.45, 7) is 1.97. The van der Waals surface area contributed by atoms with Crippen molar-refractivity contribution < 1.29 is 9.18 Å². The predicted octanol–water partition coefficient (Wildman–Crippen LogP) is 0.684. The molecule has 2 rings (SSSR count). The van der Waals surface area contributed by atoms with Gasteiger partial charge in [-0.25, -0.2) is 4.39 Å². The first-order valence-corrected chi connectivity index (χ1v) is 6.17. The van der Waals surface area contributed by atoms with Gasteiger partial charge in [-0.1, -0.05) is 0 Å². The summed E-state index contributed by atoms with van der Waals surface area (Å²) in [5.41, 5.74) is 0. The van der Waals surface area contributed by atoms with E-state index in [4.69, 9.17) is 0 Å². The molecule has 2 saturated heterocycles. The summed E-state index contributed by atoms with van der Waals surface area (Å²) < 4.78 is 12.9. The summed E-state index contributed by atoms with van der Waals surface area (Å²) in [6.07, 6.45) is -0.495. The molecule has 2 atom stereocenters. The van der Waals surface area contributed by atoms with E-state index >= 15 is 0 Å². The van der Waals surface area contributed by atoms with E-state index in [2.05, 4.69) is 5.32 Å². The molecule has 2 fully saturated rings. The average molecular weight is 255 g/mol. The van der Waals surface area contributed by atoms with Crippen LogP contribution >= 0.6 is 24.2 Å². The zero-order valence-corrected chi connectivity index (χ0v) is 10.1. The van der Waals surface area contributed by atoms with Crippen molar-refractivity contribution in [2.24, 2.45) is 0 Å². The van der Waals surface area contributed by atoms with Gasteiger partial charge in [-0.2, -0.15) is 11.8 Å². The first-order chi connectivity index (χ1) is 6.77. The second kappa shape index (κ2) is 5.92. The minimum Gasteiger partial charge on any atom is -0.340 e. The maximum atomic E-state index is 12.9. The van der Waals surface area contributed by atoms with Gasteiger partial charge in [0.25, 0.3) is 0 Å². The number of hydrogen-bond acceptors (Lipinski definition) is 3. The van der Waals surface area contributed by atoms with Crippen molar-refractivity contribution in [2.45, 2.75) is 18.6 Å². The van der Waals surface area contributed by atoms with Gasteiger partial charge in [0, 0.05) is 37.6 Å². The highest BCUT2D eigenvalue weighted by Crippen LogP contribution is 2.15. The monoisotopic (exact) mass is 254 g/mol. The first kappa shape index (κ1) is 13.1. The minimum atomic E-state index is -0.844. The van der Waals surface area contributed by atoms with Crippen LogP contribution in [0.3, 0.4) is 0 Å². The number of carbonyl (C=O) groups is 1. The molecule has 0 unspecified atom stereocenters. The van der Waals surface area contributed by atoms with Crippen LogP contribution in [0.1, 0.15) is 6.42 Å². The zero-order chi connectivity index (χ0) is 9.97. The molecule has 0 aromatic rings. The van der Waals surface area contributed by atoms with E-state index < -0.39 is 6.17 Å². The second-order valence-corrected chi connectivity index (χ2v) is 4.96. The van der Waals surface area contributed by atoms with E-state index in [-0.39, 0.29) is 24.4 Å². The fourth-order valence-electron chi connectivity index (χ4n) is 1.88. The molecule has 0 bridgehead atoms. The molecule has 2 aliphatic heterocycles. The van der Waals surface area contributed by atoms with Crippen LogP contribution in [0, 0.1) is 0 Å². The topological polar surface area (TPSA) is 32.3 Å². The number of rotatable bonds is 1. The molecule has 0 aromatic heterocycles. The molecule has 2 heterocycles. The lowest BCUT2D eigenvalue weighted by atomic mass is 10.2. The van der Waals surface area contributed by atoms with Crippen molar-refractivity contribution in [3.05, 3.63) is 0 Å². The van der Waals surface area contributed by atoms with Gasteiger partial charge in [-0.05, 0) is 0 Å². The van der Waals surface area contributed by atoms with Crippen LogP contribution in [0.15, 0.2) is 0 Å². The Bertz CT molecular complexity index is 219. The predicted molar refractivity (Wildman–Crippen MR) is 62.5 cm³/mol. The van der Waals surface area contributed by atoms with Gasteiger partial charge in [0.1, 0.15) is 6.17 Å². The summed E-state index contributed by atoms with van der Waals surface area (Å²) in [4.78, 5) is 13.7. The van der Waals surface area contributed by atoms with Crippen molar-refractivity contribution in [3.8, 4) is 0 Å². The van der Waals surface area contributed by atoms with E-state index in [1.54, 1.807) is 0 Å². The van der Waals surface area contributed by atoms with Crippen molar-refractivity contribution in [3.63, 3.8) is 0 Å². The van der Waals surface area contributed by atoms with E-state index in [9.17, 15) is 9.18 Å². The summed E-state index contributed by atoms with van der Waals surface area (Å²) in [5, 5.41) is 2.93. The summed E-state index contributed by atoms with van der Waals surface area (Å²) in [5.74, 6) is 2.11. The SMILES string of the molecule is Cl.O=C([C@H]1C[C@H](F)CN1)N1CCSCC1. The highest BCUT2D eigenvalue weighted by molar-refractivity contribution is 7.99. The van der Waals surface area contributed by atoms with E-state index in [0.29, 0.717) is 13.0 Å². The molecule has 1 amide bonds. The number of alkyl halides is 1. The standard InChI is InChI=1S/C9H15FN2OS.ClH/c10-7-5-8(11-6-7)9(13)12-1-3-14-4-2-12;/h7-8,11H,1-6H2;1H/t7-,8+;/m0./s1. The molecule has 3 nitrogen and oxygen atoms in total. The van der Waals surface area contributed by atoms with Crippen LogP contribution in [0.25, 0.3) is 0 Å². The normalized spacial score (nSPS) is 31.1. The maximum Gasteiger partial charge on any atom is 0.239 e. The highest BCUT2D eigenvalue weighted by Gasteiger charge is 2.32. The molecule has 1 N–H and O–H groups in total. The molecule has 0 aliphatic carbocycles. The summed E-state index contributed by atoms with van der Waals surface area (Å²) in [7, 11) is 0. The Morgan fingerprint density at radius 3 is 2.60 bits per heavy atom. The average Bonchev–Trinajstić information content (AvgIpc) is 2.65. The smallest absolute Gasteiger partial charge is 0.239 e. The van der Waals surface area contributed by atoms with Crippen molar-refractivity contribution in [1.82, 2.24) is 10.2 Å². The van der Waals surface area contributed by atoms with Crippen molar-refractivity contribution in [2.75, 3.05) is 31.1 Å². The Morgan fingerprint density at radius 2 is 2.07 bits per heavy atom. The number of hydrogen-bond donors (Lipinski definition) is 1. The van der Waals surface area contributed by atoms with Gasteiger partial charge < -0.3 is 10.2 Å². The molecular weight excluding hydrogens is 239 g/mol. The molecule has 0 saturated carbocycles. The van der Waals surface area contributed by atoms with Gasteiger partial charge in [0.2, 0.25) is 5.91 Å². The number of thioether (sulfide) groups is 1. The Balaban J connectivity index is 0.00000112. The van der Waals surface area contributed by atoms with Gasteiger partial charge in [-0.3, -0.25) is 4.79 Å². The maximum absolute atomic E-state index is 12.9. The number of nitrogens with one attached hydrogen (secondary N) is 1. The van der Waals surface area contributed by atoms with Crippen LogP contribution in [-0.2, 0) is 4.79 Å². The fourth-order valence-corrected chi connectivity index (χ4v) is 2.79. The number of carbonyl (C=O) groups excluding carboxylic acids is 1. The number of amides is 1. The summed E-state index contributed by atoms with van der Waals surface area (Å²) >= 11 is 1.87. The Labute approximate surface area is 99.6 Å². The summed E-state index contributed by atoms with van der Waals surface area (Å²) in [6, 6.07) is -0.270. The van der Waals surface area contributed by atoms with Crippen molar-refractivity contribution in [1.29, 1.82) is 0 Å². The molecule has 88 valence electrons.